The smallest absolute Gasteiger partial charge is 0.364 e. The van der Waals surface area contributed by atoms with Gasteiger partial charge in [0.05, 0.1) is 11.3 Å². The zero-order valence-electron chi connectivity index (χ0n) is 16.2. The maximum atomic E-state index is 13.0. The molecule has 10 heteroatoms. The summed E-state index contributed by atoms with van der Waals surface area (Å²) in [6.07, 6.45) is -2.61. The van der Waals surface area contributed by atoms with Gasteiger partial charge in [0.2, 0.25) is 10.0 Å². The molecule has 0 bridgehead atoms. The Hall–Kier alpha value is -2.59. The van der Waals surface area contributed by atoms with E-state index in [2.05, 4.69) is 22.3 Å². The molecule has 0 fully saturated rings. The molecule has 2 aromatic carbocycles. The first kappa shape index (κ1) is 22.1. The number of halogens is 3. The van der Waals surface area contributed by atoms with Crippen LogP contribution in [-0.4, -0.2) is 20.9 Å². The van der Waals surface area contributed by atoms with Crippen LogP contribution in [0.5, 0.6) is 0 Å². The fourth-order valence-corrected chi connectivity index (χ4v) is 4.40. The lowest BCUT2D eigenvalue weighted by atomic mass is 10.1. The first-order valence-electron chi connectivity index (χ1n) is 9.50. The highest BCUT2D eigenvalue weighted by Gasteiger charge is 2.35. The summed E-state index contributed by atoms with van der Waals surface area (Å²) in [5, 5.41) is 5.59. The number of sulfonamides is 1. The molecule has 1 aliphatic heterocycles. The van der Waals surface area contributed by atoms with Crippen molar-refractivity contribution in [2.24, 2.45) is 0 Å². The summed E-state index contributed by atoms with van der Waals surface area (Å²) in [5.41, 5.74) is -0.205. The summed E-state index contributed by atoms with van der Waals surface area (Å²) in [5.74, 6) is -0.241. The maximum absolute atomic E-state index is 13.0. The highest BCUT2D eigenvalue weighted by molar-refractivity contribution is 7.89. The van der Waals surface area contributed by atoms with Gasteiger partial charge in [0.1, 0.15) is 11.1 Å². The van der Waals surface area contributed by atoms with E-state index in [1.165, 1.54) is 0 Å². The number of hydrogen-bond donors (Lipinski definition) is 3. The van der Waals surface area contributed by atoms with Gasteiger partial charge in [0.25, 0.3) is 5.91 Å². The van der Waals surface area contributed by atoms with Gasteiger partial charge in [-0.15, -0.1) is 0 Å². The molecule has 6 nitrogen and oxygen atoms in total. The van der Waals surface area contributed by atoms with E-state index in [-0.39, 0.29) is 16.5 Å². The van der Waals surface area contributed by atoms with E-state index >= 15 is 0 Å². The summed E-state index contributed by atoms with van der Waals surface area (Å²) in [6, 6.07) is 8.63. The van der Waals surface area contributed by atoms with Gasteiger partial charge in [-0.05, 0) is 42.3 Å². The van der Waals surface area contributed by atoms with E-state index in [9.17, 15) is 26.4 Å². The van der Waals surface area contributed by atoms with Gasteiger partial charge >= 0.3 is 6.18 Å². The fourth-order valence-electron chi connectivity index (χ4n) is 3.11. The Balaban J connectivity index is 1.78. The zero-order chi connectivity index (χ0) is 21.9. The third kappa shape index (κ3) is 4.93. The van der Waals surface area contributed by atoms with Crippen LogP contribution in [-0.2, 0) is 16.2 Å². The molecule has 0 aliphatic carbocycles. The highest BCUT2D eigenvalue weighted by Crippen LogP contribution is 2.37. The summed E-state index contributed by atoms with van der Waals surface area (Å²) >= 11 is 0. The van der Waals surface area contributed by atoms with Crippen molar-refractivity contribution in [2.75, 3.05) is 11.9 Å². The molecule has 3 rings (SSSR count). The van der Waals surface area contributed by atoms with E-state index < -0.39 is 27.9 Å². The first-order chi connectivity index (χ1) is 14.1. The molecule has 0 spiro atoms. The van der Waals surface area contributed by atoms with Crippen molar-refractivity contribution < 1.29 is 26.4 Å². The Morgan fingerprint density at radius 3 is 2.43 bits per heavy atom. The van der Waals surface area contributed by atoms with Gasteiger partial charge in [-0.3, -0.25) is 4.79 Å². The van der Waals surface area contributed by atoms with Crippen LogP contribution in [0.4, 0.5) is 18.9 Å². The molecular formula is C20H22F3N3O3S. The molecule has 30 heavy (non-hydrogen) atoms. The van der Waals surface area contributed by atoms with Crippen molar-refractivity contribution in [1.82, 2.24) is 10.0 Å². The highest BCUT2D eigenvalue weighted by atomic mass is 32.2. The Kier molecular flexibility index (Phi) is 6.37. The largest absolute Gasteiger partial charge is 0.416 e. The van der Waals surface area contributed by atoms with Crippen molar-refractivity contribution in [3.8, 4) is 0 Å². The van der Waals surface area contributed by atoms with Gasteiger partial charge in [-0.1, -0.05) is 31.9 Å². The number of rotatable bonds is 6. The lowest BCUT2D eigenvalue weighted by Gasteiger charge is -2.29. The number of nitrogens with one attached hydrogen (secondary N) is 3. The number of carbonyl (C=O) groups is 1. The van der Waals surface area contributed by atoms with Crippen LogP contribution in [0.15, 0.2) is 47.4 Å². The first-order valence-corrected chi connectivity index (χ1v) is 11.0. The van der Waals surface area contributed by atoms with Crippen LogP contribution >= 0.6 is 0 Å². The van der Waals surface area contributed by atoms with Crippen LogP contribution < -0.4 is 15.4 Å². The van der Waals surface area contributed by atoms with E-state index in [0.717, 1.165) is 37.5 Å². The molecule has 1 aliphatic rings. The number of anilines is 1. The van der Waals surface area contributed by atoms with Crippen molar-refractivity contribution in [3.63, 3.8) is 0 Å². The number of hydrogen-bond acceptors (Lipinski definition) is 4. The number of carbonyl (C=O) groups excluding carboxylic acids is 1. The van der Waals surface area contributed by atoms with E-state index in [1.807, 2.05) is 0 Å². The van der Waals surface area contributed by atoms with Crippen molar-refractivity contribution in [3.05, 3.63) is 59.2 Å². The molecule has 0 aromatic heterocycles. The number of alkyl halides is 3. The van der Waals surface area contributed by atoms with Crippen LogP contribution in [0, 0.1) is 0 Å². The third-order valence-electron chi connectivity index (χ3n) is 4.74. The zero-order valence-corrected chi connectivity index (χ0v) is 17.0. The molecule has 0 unspecified atom stereocenters. The molecule has 2 aromatic rings. The topological polar surface area (TPSA) is 87.3 Å². The number of unbranched alkanes of at least 4 members (excludes halogenated alkanes) is 2. The SMILES string of the molecule is CCCCCNC(=O)c1ccc([C@H]2Nc3cc(C(F)(F)F)ccc3S(=O)(=O)N2)cc1. The van der Waals surface area contributed by atoms with Crippen molar-refractivity contribution in [1.29, 1.82) is 0 Å². The predicted molar refractivity (Wildman–Crippen MR) is 106 cm³/mol. The lowest BCUT2D eigenvalue weighted by Crippen LogP contribution is -2.38. The van der Waals surface area contributed by atoms with Gasteiger partial charge in [-0.25, -0.2) is 8.42 Å². The van der Waals surface area contributed by atoms with Crippen molar-refractivity contribution >= 4 is 21.6 Å². The Morgan fingerprint density at radius 1 is 1.10 bits per heavy atom. The Morgan fingerprint density at radius 2 is 1.80 bits per heavy atom. The van der Waals surface area contributed by atoms with Gasteiger partial charge in [0, 0.05) is 12.1 Å². The van der Waals surface area contributed by atoms with E-state index in [1.54, 1.807) is 24.3 Å². The Bertz CT molecular complexity index is 1020. The average molecular weight is 441 g/mol. The molecule has 162 valence electrons. The number of fused-ring (bicyclic) bond motifs is 1. The van der Waals surface area contributed by atoms with Crippen molar-refractivity contribution in [2.45, 2.75) is 43.4 Å². The molecule has 1 amide bonds. The van der Waals surface area contributed by atoms with E-state index in [0.29, 0.717) is 17.7 Å². The van der Waals surface area contributed by atoms with Crippen LogP contribution in [0.25, 0.3) is 0 Å². The third-order valence-corrected chi connectivity index (χ3v) is 6.22. The minimum atomic E-state index is -4.59. The summed E-state index contributed by atoms with van der Waals surface area (Å²) in [4.78, 5) is 11.9. The summed E-state index contributed by atoms with van der Waals surface area (Å²) in [7, 11) is -4.00. The second-order valence-electron chi connectivity index (χ2n) is 6.99. The summed E-state index contributed by atoms with van der Waals surface area (Å²) < 4.78 is 66.3. The molecule has 0 radical (unpaired) electrons. The number of benzene rings is 2. The quantitative estimate of drug-likeness (QED) is 0.591. The summed E-state index contributed by atoms with van der Waals surface area (Å²) in [6.45, 7) is 2.63. The maximum Gasteiger partial charge on any atom is 0.416 e. The van der Waals surface area contributed by atoms with Crippen LogP contribution in [0.3, 0.4) is 0 Å². The molecular weight excluding hydrogens is 419 g/mol. The minimum Gasteiger partial charge on any atom is -0.364 e. The van der Waals surface area contributed by atoms with Gasteiger partial charge in [0.15, 0.2) is 0 Å². The predicted octanol–water partition coefficient (Wildman–Crippen LogP) is 4.03. The molecule has 1 heterocycles. The van der Waals surface area contributed by atoms with E-state index in [4.69, 9.17) is 0 Å². The molecule has 1 atom stereocenters. The fraction of sp³-hybridized carbons (Fsp3) is 0.350. The monoisotopic (exact) mass is 441 g/mol. The van der Waals surface area contributed by atoms with Crippen LogP contribution in [0.1, 0.15) is 53.8 Å². The molecule has 0 saturated carbocycles. The average Bonchev–Trinajstić information content (AvgIpc) is 2.69. The second kappa shape index (κ2) is 8.65. The molecule has 3 N–H and O–H groups in total. The minimum absolute atomic E-state index is 0.133. The lowest BCUT2D eigenvalue weighted by molar-refractivity contribution is -0.137. The van der Waals surface area contributed by atoms with Gasteiger partial charge < -0.3 is 10.6 Å². The van der Waals surface area contributed by atoms with Crippen LogP contribution in [0.2, 0.25) is 0 Å². The Labute approximate surface area is 172 Å². The van der Waals surface area contributed by atoms with Gasteiger partial charge in [-0.2, -0.15) is 17.9 Å². The normalized spacial score (nSPS) is 17.7. The number of amides is 1. The molecule has 0 saturated heterocycles. The second-order valence-corrected chi connectivity index (χ2v) is 8.67. The standard InChI is InChI=1S/C20H22F3N3O3S/c1-2-3-4-11-24-19(27)14-7-5-13(6-8-14)18-25-16-12-15(20(21,22)23)9-10-17(16)30(28,29)26-18/h5-10,12,18,25-26H,2-4,11H2,1H3,(H,24,27)/t18-/m0/s1.